The van der Waals surface area contributed by atoms with Crippen LogP contribution in [0.4, 0.5) is 22.0 Å². The van der Waals surface area contributed by atoms with Gasteiger partial charge in [0.2, 0.25) is 40.7 Å². The van der Waals surface area contributed by atoms with Gasteiger partial charge in [0.15, 0.2) is 0 Å². The van der Waals surface area contributed by atoms with Crippen LogP contribution in [0.25, 0.3) is 0 Å². The molecule has 0 aliphatic rings. The van der Waals surface area contributed by atoms with Crippen LogP contribution in [-0.4, -0.2) is 156 Å². The van der Waals surface area contributed by atoms with Crippen molar-refractivity contribution in [2.24, 2.45) is 5.73 Å². The number of rotatable bonds is 41. The molecule has 1 unspecified atom stereocenters. The average Bonchev–Trinajstić information content (AvgIpc) is 3.22. The molecule has 3 N–H and O–H groups in total. The molecule has 1 aromatic carbocycles. The first-order chi connectivity index (χ1) is 28.6. The predicted molar refractivity (Wildman–Crippen MR) is 204 cm³/mol. The number of nitrogens with one attached hydrogen (secondary N) is 1. The Morgan fingerprint density at radius 3 is 1.36 bits per heavy atom. The Morgan fingerprint density at radius 1 is 0.475 bits per heavy atom. The van der Waals surface area contributed by atoms with Gasteiger partial charge in [-0.25, -0.2) is 13.2 Å². The molecule has 0 saturated carbocycles. The fourth-order valence-corrected chi connectivity index (χ4v) is 4.83. The molecule has 1 atom stereocenters. The molecule has 0 saturated heterocycles. The van der Waals surface area contributed by atoms with E-state index in [1.807, 2.05) is 6.92 Å². The number of halogens is 5. The topological polar surface area (TPSA) is 174 Å². The first-order valence-electron chi connectivity index (χ1n) is 20.1. The van der Waals surface area contributed by atoms with E-state index in [0.717, 1.165) is 32.1 Å². The lowest BCUT2D eigenvalue weighted by molar-refractivity contribution is -0.136. The number of benzene rings is 1. The number of unbranched alkanes of at least 4 members (excludes halogenated alkanes) is 3. The standard InChI is InChI=1S/C39H65F5N2O13/c1-3-5-6-7-12-50-22-25-56-28-39(29-57-26-23-54-20-16-49-11-4-2,30-58-27-24-55-21-19-53-15-10-45)46-31(47)8-13-51-17-18-52-14-9-32(48)59-38-36(43)34(41)33(40)35(42)37(38)44/h3-30,45H2,1-2H3,(H,46,47). The van der Waals surface area contributed by atoms with Gasteiger partial charge in [-0.3, -0.25) is 9.59 Å². The summed E-state index contributed by atoms with van der Waals surface area (Å²) in [4.78, 5) is 25.1. The number of carbonyl (C=O) groups excluding carboxylic acids is 2. The highest BCUT2D eigenvalue weighted by atomic mass is 19.2. The van der Waals surface area contributed by atoms with Gasteiger partial charge in [0.25, 0.3) is 0 Å². The van der Waals surface area contributed by atoms with Gasteiger partial charge in [-0.15, -0.1) is 0 Å². The number of amides is 1. The van der Waals surface area contributed by atoms with Crippen LogP contribution in [-0.2, 0) is 57.0 Å². The summed E-state index contributed by atoms with van der Waals surface area (Å²) in [6.07, 6.45) is 4.62. The lowest BCUT2D eigenvalue weighted by Gasteiger charge is -2.34. The van der Waals surface area contributed by atoms with E-state index in [9.17, 15) is 31.5 Å². The third-order valence-corrected chi connectivity index (χ3v) is 7.83. The minimum Gasteiger partial charge on any atom is -0.420 e. The Kier molecular flexibility index (Phi) is 33.2. The molecule has 0 aliphatic carbocycles. The smallest absolute Gasteiger partial charge is 0.313 e. The van der Waals surface area contributed by atoms with E-state index < -0.39 is 52.8 Å². The molecule has 1 aromatic rings. The van der Waals surface area contributed by atoms with E-state index in [-0.39, 0.29) is 85.0 Å². The van der Waals surface area contributed by atoms with Gasteiger partial charge in [-0.2, -0.15) is 8.78 Å². The van der Waals surface area contributed by atoms with Crippen molar-refractivity contribution in [3.8, 4) is 5.75 Å². The fraction of sp³-hybridized carbons (Fsp3) is 0.795. The maximum absolute atomic E-state index is 13.8. The van der Waals surface area contributed by atoms with Gasteiger partial charge >= 0.3 is 5.97 Å². The maximum Gasteiger partial charge on any atom is 0.313 e. The van der Waals surface area contributed by atoms with Crippen LogP contribution in [0.15, 0.2) is 0 Å². The van der Waals surface area contributed by atoms with E-state index in [1.165, 1.54) is 0 Å². The molecule has 344 valence electrons. The molecular formula is C39H65F5N2O13. The van der Waals surface area contributed by atoms with Crippen LogP contribution in [0, 0.1) is 29.1 Å². The van der Waals surface area contributed by atoms with Gasteiger partial charge in [-0.1, -0.05) is 33.1 Å². The minimum absolute atomic E-state index is 0.000361. The van der Waals surface area contributed by atoms with Crippen molar-refractivity contribution in [3.63, 3.8) is 0 Å². The molecule has 20 heteroatoms. The number of carbonyl (C=O) groups is 2. The number of hydrogen-bond acceptors (Lipinski definition) is 14. The Labute approximate surface area is 344 Å². The van der Waals surface area contributed by atoms with Crippen molar-refractivity contribution in [3.05, 3.63) is 29.1 Å². The molecule has 0 fully saturated rings. The summed E-state index contributed by atoms with van der Waals surface area (Å²) in [6, 6.07) is 0. The normalized spacial score (nSPS) is 12.5. The van der Waals surface area contributed by atoms with Crippen molar-refractivity contribution in [1.82, 2.24) is 5.32 Å². The zero-order valence-electron chi connectivity index (χ0n) is 34.6. The first kappa shape index (κ1) is 54.4. The van der Waals surface area contributed by atoms with Gasteiger partial charge < -0.3 is 63.2 Å². The summed E-state index contributed by atoms with van der Waals surface area (Å²) in [7, 11) is 0. The Hall–Kier alpha value is -2.63. The van der Waals surface area contributed by atoms with E-state index >= 15 is 0 Å². The average molecular weight is 865 g/mol. The quantitative estimate of drug-likeness (QED) is 0.0241. The van der Waals surface area contributed by atoms with E-state index in [1.54, 1.807) is 0 Å². The fourth-order valence-electron chi connectivity index (χ4n) is 4.83. The zero-order chi connectivity index (χ0) is 43.4. The molecule has 0 radical (unpaired) electrons. The molecule has 1 amide bonds. The molecule has 0 bridgehead atoms. The maximum atomic E-state index is 13.8. The predicted octanol–water partition coefficient (Wildman–Crippen LogP) is 4.04. The highest BCUT2D eigenvalue weighted by Gasteiger charge is 2.34. The molecule has 0 heterocycles. The van der Waals surface area contributed by atoms with Crippen molar-refractivity contribution < 1.29 is 83.6 Å². The van der Waals surface area contributed by atoms with Crippen molar-refractivity contribution in [1.29, 1.82) is 0 Å². The third-order valence-electron chi connectivity index (χ3n) is 7.83. The second-order valence-electron chi connectivity index (χ2n) is 13.0. The van der Waals surface area contributed by atoms with Crippen LogP contribution < -0.4 is 15.8 Å². The molecule has 59 heavy (non-hydrogen) atoms. The van der Waals surface area contributed by atoms with Gasteiger partial charge in [-0.05, 0) is 12.8 Å². The zero-order valence-corrected chi connectivity index (χ0v) is 34.6. The van der Waals surface area contributed by atoms with Gasteiger partial charge in [0.05, 0.1) is 125 Å². The summed E-state index contributed by atoms with van der Waals surface area (Å²) >= 11 is 0. The second kappa shape index (κ2) is 36.1. The molecule has 1 rings (SSSR count). The van der Waals surface area contributed by atoms with Crippen LogP contribution in [0.3, 0.4) is 0 Å². The lowest BCUT2D eigenvalue weighted by atomic mass is 10.0. The molecule has 15 nitrogen and oxygen atoms in total. The van der Waals surface area contributed by atoms with Crippen LogP contribution in [0.2, 0.25) is 0 Å². The number of hydrogen-bond donors (Lipinski definition) is 2. The molecule has 0 aromatic heterocycles. The summed E-state index contributed by atoms with van der Waals surface area (Å²) in [6.45, 7) is 9.32. The van der Waals surface area contributed by atoms with Gasteiger partial charge in [0, 0.05) is 26.2 Å². The summed E-state index contributed by atoms with van der Waals surface area (Å²) < 4.78 is 128. The Bertz CT molecular complexity index is 1160. The monoisotopic (exact) mass is 864 g/mol. The molecule has 0 spiro atoms. The third kappa shape index (κ3) is 26.3. The van der Waals surface area contributed by atoms with Crippen LogP contribution >= 0.6 is 0 Å². The first-order valence-corrected chi connectivity index (χ1v) is 20.1. The summed E-state index contributed by atoms with van der Waals surface area (Å²) in [5.74, 6) is -14.8. The number of esters is 1. The number of ether oxygens (including phenoxy) is 11. The Morgan fingerprint density at radius 2 is 0.881 bits per heavy atom. The molecule has 0 aliphatic heterocycles. The Balaban J connectivity index is 2.68. The number of nitrogens with two attached hydrogens (primary N) is 1. The summed E-state index contributed by atoms with van der Waals surface area (Å²) in [5.41, 5.74) is 4.32. The SMILES string of the molecule is CCCCCCOCCOCC(COCCOCCOCCC)(COCCOCCOCCN)NC(=O)CCOCCOCCC(=O)Oc1c(F)c(F)c(F)c(F)c1F. The van der Waals surface area contributed by atoms with E-state index in [4.69, 9.17) is 53.1 Å². The highest BCUT2D eigenvalue weighted by Crippen LogP contribution is 2.29. The second-order valence-corrected chi connectivity index (χ2v) is 13.0. The summed E-state index contributed by atoms with van der Waals surface area (Å²) in [5, 5.41) is 3.00. The van der Waals surface area contributed by atoms with Crippen LogP contribution in [0.1, 0.15) is 58.8 Å². The minimum atomic E-state index is -2.37. The van der Waals surface area contributed by atoms with Crippen molar-refractivity contribution in [2.75, 3.05) is 139 Å². The van der Waals surface area contributed by atoms with E-state index in [0.29, 0.717) is 66.0 Å². The van der Waals surface area contributed by atoms with Crippen molar-refractivity contribution >= 4 is 11.9 Å². The van der Waals surface area contributed by atoms with Gasteiger partial charge in [0.1, 0.15) is 5.54 Å². The molecular weight excluding hydrogens is 799 g/mol. The highest BCUT2D eigenvalue weighted by molar-refractivity contribution is 5.77. The van der Waals surface area contributed by atoms with Crippen molar-refractivity contribution in [2.45, 2.75) is 64.3 Å². The van der Waals surface area contributed by atoms with Crippen LogP contribution in [0.5, 0.6) is 5.75 Å². The largest absolute Gasteiger partial charge is 0.420 e. The van der Waals surface area contributed by atoms with E-state index in [2.05, 4.69) is 17.0 Å². The lowest BCUT2D eigenvalue weighted by Crippen LogP contribution is -2.59.